The Balaban J connectivity index is 0.000000152. The minimum absolute atomic E-state index is 0.158. The average molecular weight is 1090 g/mol. The van der Waals surface area contributed by atoms with Crippen LogP contribution in [0.1, 0.15) is 13.8 Å². The molecule has 8 aromatic carbocycles. The van der Waals surface area contributed by atoms with Crippen molar-refractivity contribution in [3.8, 4) is 68.7 Å². The van der Waals surface area contributed by atoms with E-state index in [0.29, 0.717) is 52.4 Å². The highest BCUT2D eigenvalue weighted by molar-refractivity contribution is 9.09. The second-order valence-corrected chi connectivity index (χ2v) is 18.3. The van der Waals surface area contributed by atoms with Crippen LogP contribution >= 0.6 is 15.9 Å². The Morgan fingerprint density at radius 1 is 0.494 bits per heavy atom. The molecule has 382 valence electrons. The summed E-state index contributed by atoms with van der Waals surface area (Å²) in [5.74, 6) is 1.74. The zero-order valence-corrected chi connectivity index (χ0v) is 43.5. The molecule has 0 amide bonds. The Hall–Kier alpha value is -9.60. The first-order valence-electron chi connectivity index (χ1n) is 24.5. The molecule has 0 aliphatic heterocycles. The first-order valence-corrected chi connectivity index (χ1v) is 25.6. The highest BCUT2D eigenvalue weighted by Gasteiger charge is 2.17. The number of carbonyl (C=O) groups excluding carboxylic acids is 2. The quantitative estimate of drug-likeness (QED) is 0.0502. The Morgan fingerprint density at radius 3 is 1.31 bits per heavy atom. The molecule has 12 aromatic rings. The summed E-state index contributed by atoms with van der Waals surface area (Å²) in [6.45, 7) is 7.26. The highest BCUT2D eigenvalue weighted by Crippen LogP contribution is 2.36. The van der Waals surface area contributed by atoms with Gasteiger partial charge in [-0.2, -0.15) is 0 Å². The van der Waals surface area contributed by atoms with Crippen LogP contribution in [0.2, 0.25) is 0 Å². The topological polar surface area (TPSA) is 170 Å². The van der Waals surface area contributed by atoms with Crippen LogP contribution in [-0.4, -0.2) is 71.7 Å². The summed E-state index contributed by atoms with van der Waals surface area (Å²) in [6, 6.07) is 64.0. The van der Waals surface area contributed by atoms with Gasteiger partial charge in [0.15, 0.2) is 0 Å². The largest absolute Gasteiger partial charge is 0.508 e. The van der Waals surface area contributed by atoms with Gasteiger partial charge in [-0.3, -0.25) is 4.79 Å². The number of rotatable bonds is 13. The van der Waals surface area contributed by atoms with E-state index in [1.54, 1.807) is 25.1 Å². The number of aromatic hydroxyl groups is 1. The number of hydrogen-bond acceptors (Lipinski definition) is 12. The van der Waals surface area contributed by atoms with Gasteiger partial charge in [-0.25, -0.2) is 4.79 Å². The molecule has 4 aromatic heterocycles. The second-order valence-electron chi connectivity index (χ2n) is 17.5. The summed E-state index contributed by atoms with van der Waals surface area (Å²) in [4.78, 5) is 21.5. The number of hydrogen-bond donors (Lipinski definition) is 1. The molecule has 0 spiro atoms. The van der Waals surface area contributed by atoms with E-state index in [9.17, 15) is 14.7 Å². The third-order valence-corrected chi connectivity index (χ3v) is 12.5. The lowest BCUT2D eigenvalue weighted by Crippen LogP contribution is -2.09. The summed E-state index contributed by atoms with van der Waals surface area (Å²) in [7, 11) is 0. The lowest BCUT2D eigenvalue weighted by atomic mass is 10.2. The number of alkyl halides is 1. The second kappa shape index (κ2) is 23.3. The lowest BCUT2D eigenvalue weighted by molar-refractivity contribution is -0.141. The fourth-order valence-electron chi connectivity index (χ4n) is 8.83. The van der Waals surface area contributed by atoms with Crippen molar-refractivity contribution in [2.24, 2.45) is 0 Å². The van der Waals surface area contributed by atoms with Crippen LogP contribution in [0.3, 0.4) is 0 Å². The standard InChI is InChI=1S/C30H23N3O4.C26H17N3O2.C6H9BrO2/c1-20(34)35-16-17-36-24-11-7-9-22(19-24)30-32-31-29(37-30)21-8-6-10-23(18-21)33-27-14-4-2-12-25(27)26-13-3-5-15-28(26)33;30-20-10-6-8-18(16-20)26-28-27-25(31-26)17-7-5-9-19(15-17)29-23-13-3-1-11-21(23)22-12-2-4-14-24(22)29;1-5(2)6(8)9-4-3-7/h2-15,18-19H,16-17H2,1H3;1-16,30H;1,3-4H2,2H3. The van der Waals surface area contributed by atoms with E-state index < -0.39 is 0 Å². The number of nitrogens with zero attached hydrogens (tertiary/aromatic N) is 6. The van der Waals surface area contributed by atoms with E-state index in [-0.39, 0.29) is 30.9 Å². The molecule has 0 radical (unpaired) electrons. The maximum absolute atomic E-state index is 10.9. The van der Waals surface area contributed by atoms with Gasteiger partial charge < -0.3 is 37.3 Å². The minimum atomic E-state index is -0.335. The van der Waals surface area contributed by atoms with Gasteiger partial charge in [0.05, 0.1) is 22.1 Å². The van der Waals surface area contributed by atoms with Crippen molar-refractivity contribution in [2.75, 3.05) is 25.2 Å². The lowest BCUT2D eigenvalue weighted by Gasteiger charge is -2.08. The normalized spacial score (nSPS) is 10.9. The monoisotopic (exact) mass is 1080 g/mol. The number of halogens is 1. The van der Waals surface area contributed by atoms with Crippen molar-refractivity contribution in [3.63, 3.8) is 0 Å². The summed E-state index contributed by atoms with van der Waals surface area (Å²) >= 11 is 3.12. The number of phenols is 1. The predicted octanol–water partition coefficient (Wildman–Crippen LogP) is 14.1. The number of fused-ring (bicyclic) bond motifs is 6. The van der Waals surface area contributed by atoms with Gasteiger partial charge in [-0.05, 0) is 104 Å². The van der Waals surface area contributed by atoms with Crippen LogP contribution in [0.4, 0.5) is 0 Å². The smallest absolute Gasteiger partial charge is 0.333 e. The molecular formula is C62H49BrN6O8. The molecule has 0 saturated heterocycles. The van der Waals surface area contributed by atoms with Crippen LogP contribution in [0, 0.1) is 0 Å². The molecule has 15 heteroatoms. The summed E-state index contributed by atoms with van der Waals surface area (Å²) in [5.41, 5.74) is 10.1. The zero-order chi connectivity index (χ0) is 53.3. The molecule has 1 N–H and O–H groups in total. The summed E-state index contributed by atoms with van der Waals surface area (Å²) in [6.07, 6.45) is 0. The molecule has 0 aliphatic carbocycles. The van der Waals surface area contributed by atoms with Crippen LogP contribution in [0.5, 0.6) is 11.5 Å². The van der Waals surface area contributed by atoms with E-state index in [0.717, 1.165) is 50.1 Å². The first-order chi connectivity index (χ1) is 37.6. The van der Waals surface area contributed by atoms with Gasteiger partial charge >= 0.3 is 11.9 Å². The van der Waals surface area contributed by atoms with Crippen molar-refractivity contribution in [1.82, 2.24) is 29.5 Å². The molecule has 4 heterocycles. The van der Waals surface area contributed by atoms with Crippen molar-refractivity contribution >= 4 is 71.5 Å². The van der Waals surface area contributed by atoms with Crippen LogP contribution < -0.4 is 4.74 Å². The van der Waals surface area contributed by atoms with Crippen molar-refractivity contribution in [1.29, 1.82) is 0 Å². The van der Waals surface area contributed by atoms with Gasteiger partial charge in [0, 0.05) is 73.0 Å². The first kappa shape index (κ1) is 50.9. The van der Waals surface area contributed by atoms with Crippen molar-refractivity contribution in [2.45, 2.75) is 13.8 Å². The van der Waals surface area contributed by atoms with Crippen LogP contribution in [0.25, 0.3) is 101 Å². The Labute approximate surface area is 450 Å². The maximum Gasteiger partial charge on any atom is 0.333 e. The number of carbonyl (C=O) groups is 2. The van der Waals surface area contributed by atoms with E-state index in [2.05, 4.69) is 178 Å². The third-order valence-electron chi connectivity index (χ3n) is 12.2. The fourth-order valence-corrected chi connectivity index (χ4v) is 8.99. The van der Waals surface area contributed by atoms with Crippen LogP contribution in [-0.2, 0) is 19.1 Å². The molecule has 14 nitrogen and oxygen atoms in total. The van der Waals surface area contributed by atoms with Gasteiger partial charge in [0.1, 0.15) is 31.3 Å². The zero-order valence-electron chi connectivity index (χ0n) is 41.9. The van der Waals surface area contributed by atoms with Gasteiger partial charge in [0.2, 0.25) is 23.6 Å². The number of phenolic OH excluding ortho intramolecular Hbond substituents is 1. The van der Waals surface area contributed by atoms with Crippen molar-refractivity contribution in [3.05, 3.63) is 206 Å². The Bertz CT molecular complexity index is 3970. The molecular weight excluding hydrogens is 1040 g/mol. The number of esters is 2. The minimum Gasteiger partial charge on any atom is -0.508 e. The van der Waals surface area contributed by atoms with E-state index in [1.165, 1.54) is 28.5 Å². The molecule has 0 unspecified atom stereocenters. The maximum atomic E-state index is 10.9. The third kappa shape index (κ3) is 11.4. The van der Waals surface area contributed by atoms with Crippen LogP contribution in [0.15, 0.2) is 215 Å². The van der Waals surface area contributed by atoms with Crippen molar-refractivity contribution < 1.29 is 37.7 Å². The number of ether oxygens (including phenoxy) is 3. The number of benzene rings is 8. The van der Waals surface area contributed by atoms with E-state index >= 15 is 0 Å². The molecule has 0 fully saturated rings. The van der Waals surface area contributed by atoms with Gasteiger partial charge in [-0.1, -0.05) is 120 Å². The highest BCUT2D eigenvalue weighted by atomic mass is 79.9. The summed E-state index contributed by atoms with van der Waals surface area (Å²) in [5, 5.41) is 32.2. The fraction of sp³-hybridized carbons (Fsp3) is 0.0968. The molecule has 12 rings (SSSR count). The number of para-hydroxylation sites is 4. The number of aromatic nitrogens is 6. The molecule has 0 bridgehead atoms. The summed E-state index contributed by atoms with van der Waals surface area (Å²) < 4.78 is 31.7. The molecule has 0 aliphatic rings. The SMILES string of the molecule is C=C(C)C(=O)OCCBr.CC(=O)OCCOc1cccc(-c2nnc(-c3cccc(-n4c5ccccc5c5ccccc54)c3)o2)c1.Oc1cccc(-c2nnc(-c3cccc(-n4c5ccccc5c5ccccc54)c3)o2)c1. The molecule has 0 atom stereocenters. The van der Waals surface area contributed by atoms with Gasteiger partial charge in [-0.15, -0.1) is 20.4 Å². The average Bonchev–Trinajstić information content (AvgIpc) is 4.29. The predicted molar refractivity (Wildman–Crippen MR) is 302 cm³/mol. The molecule has 0 saturated carbocycles. The van der Waals surface area contributed by atoms with Gasteiger partial charge in [0.25, 0.3) is 0 Å². The Kier molecular flexibility index (Phi) is 15.4. The molecule has 77 heavy (non-hydrogen) atoms. The van der Waals surface area contributed by atoms with E-state index in [1.807, 2.05) is 54.6 Å². The van der Waals surface area contributed by atoms with E-state index in [4.69, 9.17) is 18.3 Å². The Morgan fingerprint density at radius 2 is 0.896 bits per heavy atom.